The molecule has 2 aromatic rings. The van der Waals surface area contributed by atoms with Crippen LogP contribution in [-0.4, -0.2) is 29.1 Å². The third-order valence-corrected chi connectivity index (χ3v) is 3.53. The molecule has 0 spiro atoms. The topological polar surface area (TPSA) is 58.4 Å². The second-order valence-electron chi connectivity index (χ2n) is 4.25. The molecule has 2 rings (SSSR count). The van der Waals surface area contributed by atoms with E-state index in [1.54, 1.807) is 24.3 Å². The van der Waals surface area contributed by atoms with Crippen molar-refractivity contribution >= 4 is 23.1 Å². The minimum Gasteiger partial charge on any atom is -0.360 e. The smallest absolute Gasteiger partial charge is 0.239 e. The number of likely N-dealkylation sites (N-methyl/N-ethyl adjacent to an activating group) is 1. The Balaban J connectivity index is 1.85. The van der Waals surface area contributed by atoms with Crippen molar-refractivity contribution in [1.29, 1.82) is 0 Å². The SMILES string of the molecule is CCN(CC(=O)Nc1cc(C)on1)Cc1cccs1. The van der Waals surface area contributed by atoms with Crippen LogP contribution in [-0.2, 0) is 11.3 Å². The van der Waals surface area contributed by atoms with Crippen molar-refractivity contribution in [1.82, 2.24) is 10.1 Å². The zero-order chi connectivity index (χ0) is 13.7. The fourth-order valence-corrected chi connectivity index (χ4v) is 2.46. The van der Waals surface area contributed by atoms with Gasteiger partial charge in [0.25, 0.3) is 0 Å². The number of aromatic nitrogens is 1. The molecule has 5 nitrogen and oxygen atoms in total. The Kier molecular flexibility index (Phi) is 4.70. The summed E-state index contributed by atoms with van der Waals surface area (Å²) in [6, 6.07) is 5.80. The fourth-order valence-electron chi connectivity index (χ4n) is 1.71. The van der Waals surface area contributed by atoms with Gasteiger partial charge in [-0.3, -0.25) is 9.69 Å². The number of hydrogen-bond donors (Lipinski definition) is 1. The van der Waals surface area contributed by atoms with Crippen LogP contribution >= 0.6 is 11.3 Å². The van der Waals surface area contributed by atoms with Gasteiger partial charge in [0.2, 0.25) is 5.91 Å². The van der Waals surface area contributed by atoms with Gasteiger partial charge in [-0.05, 0) is 24.9 Å². The number of hydrogen-bond acceptors (Lipinski definition) is 5. The van der Waals surface area contributed by atoms with Gasteiger partial charge >= 0.3 is 0 Å². The molecule has 2 heterocycles. The Morgan fingerprint density at radius 1 is 1.58 bits per heavy atom. The average Bonchev–Trinajstić information content (AvgIpc) is 3.00. The Hall–Kier alpha value is -1.66. The third-order valence-electron chi connectivity index (χ3n) is 2.67. The van der Waals surface area contributed by atoms with Crippen LogP contribution in [0.2, 0.25) is 0 Å². The van der Waals surface area contributed by atoms with Crippen molar-refractivity contribution in [2.45, 2.75) is 20.4 Å². The standard InChI is InChI=1S/C13H17N3O2S/c1-3-16(8-11-5-4-6-19-11)9-13(17)14-12-7-10(2)18-15-12/h4-7H,3,8-9H2,1-2H3,(H,14,15,17). The molecule has 1 amide bonds. The molecule has 0 saturated heterocycles. The molecule has 0 aliphatic carbocycles. The molecular weight excluding hydrogens is 262 g/mol. The minimum absolute atomic E-state index is 0.0771. The molecule has 0 bridgehead atoms. The molecule has 0 aliphatic heterocycles. The van der Waals surface area contributed by atoms with Crippen molar-refractivity contribution in [3.8, 4) is 0 Å². The van der Waals surface area contributed by atoms with E-state index >= 15 is 0 Å². The number of thiophene rings is 1. The lowest BCUT2D eigenvalue weighted by Crippen LogP contribution is -2.32. The number of carbonyl (C=O) groups excluding carboxylic acids is 1. The van der Waals surface area contributed by atoms with Crippen molar-refractivity contribution in [3.05, 3.63) is 34.2 Å². The van der Waals surface area contributed by atoms with Gasteiger partial charge in [-0.15, -0.1) is 11.3 Å². The summed E-state index contributed by atoms with van der Waals surface area (Å²) in [7, 11) is 0. The lowest BCUT2D eigenvalue weighted by atomic mass is 10.4. The average molecular weight is 279 g/mol. The first-order valence-corrected chi connectivity index (χ1v) is 7.03. The molecule has 6 heteroatoms. The number of nitrogens with zero attached hydrogens (tertiary/aromatic N) is 2. The van der Waals surface area contributed by atoms with Crippen LogP contribution in [0.4, 0.5) is 5.82 Å². The largest absolute Gasteiger partial charge is 0.360 e. The number of amides is 1. The van der Waals surface area contributed by atoms with Crippen LogP contribution in [0.5, 0.6) is 0 Å². The van der Waals surface area contributed by atoms with Crippen LogP contribution < -0.4 is 5.32 Å². The lowest BCUT2D eigenvalue weighted by Gasteiger charge is -2.18. The summed E-state index contributed by atoms with van der Waals surface area (Å²) in [5, 5.41) is 8.51. The van der Waals surface area contributed by atoms with Crippen molar-refractivity contribution < 1.29 is 9.32 Å². The predicted octanol–water partition coefficient (Wildman–Crippen LogP) is 2.51. The van der Waals surface area contributed by atoms with Crippen molar-refractivity contribution in [2.75, 3.05) is 18.4 Å². The molecule has 19 heavy (non-hydrogen) atoms. The highest BCUT2D eigenvalue weighted by atomic mass is 32.1. The first-order valence-electron chi connectivity index (χ1n) is 6.15. The monoisotopic (exact) mass is 279 g/mol. The van der Waals surface area contributed by atoms with Crippen LogP contribution in [0, 0.1) is 6.92 Å². The molecule has 0 unspecified atom stereocenters. The highest BCUT2D eigenvalue weighted by molar-refractivity contribution is 7.09. The second kappa shape index (κ2) is 6.49. The summed E-state index contributed by atoms with van der Waals surface area (Å²) >= 11 is 1.70. The second-order valence-corrected chi connectivity index (χ2v) is 5.29. The molecule has 0 fully saturated rings. The molecule has 0 atom stereocenters. The van der Waals surface area contributed by atoms with Gasteiger partial charge in [0.05, 0.1) is 6.54 Å². The van der Waals surface area contributed by atoms with E-state index in [1.807, 2.05) is 18.4 Å². The Labute approximate surface area is 116 Å². The van der Waals surface area contributed by atoms with E-state index in [-0.39, 0.29) is 5.91 Å². The lowest BCUT2D eigenvalue weighted by molar-refractivity contribution is -0.117. The molecule has 0 aromatic carbocycles. The number of nitrogens with one attached hydrogen (secondary N) is 1. The van der Waals surface area contributed by atoms with Gasteiger partial charge in [0.1, 0.15) is 5.76 Å². The molecule has 2 aromatic heterocycles. The molecule has 102 valence electrons. The third kappa shape index (κ3) is 4.18. The van der Waals surface area contributed by atoms with Crippen LogP contribution in [0.25, 0.3) is 0 Å². The number of aryl methyl sites for hydroxylation is 1. The minimum atomic E-state index is -0.0771. The number of rotatable bonds is 6. The Morgan fingerprint density at radius 2 is 2.42 bits per heavy atom. The van der Waals surface area contributed by atoms with E-state index in [4.69, 9.17) is 4.52 Å². The van der Waals surface area contributed by atoms with Gasteiger partial charge in [-0.1, -0.05) is 18.1 Å². The highest BCUT2D eigenvalue weighted by Gasteiger charge is 2.11. The molecular formula is C13H17N3O2S. The van der Waals surface area contributed by atoms with E-state index in [0.717, 1.165) is 13.1 Å². The van der Waals surface area contributed by atoms with E-state index in [9.17, 15) is 4.79 Å². The molecule has 0 aliphatic rings. The fraction of sp³-hybridized carbons (Fsp3) is 0.385. The van der Waals surface area contributed by atoms with Gasteiger partial charge in [-0.25, -0.2) is 0 Å². The van der Waals surface area contributed by atoms with Crippen LogP contribution in [0.1, 0.15) is 17.6 Å². The quantitative estimate of drug-likeness (QED) is 0.882. The summed E-state index contributed by atoms with van der Waals surface area (Å²) in [6.07, 6.45) is 0. The number of anilines is 1. The van der Waals surface area contributed by atoms with Gasteiger partial charge in [0, 0.05) is 17.5 Å². The van der Waals surface area contributed by atoms with E-state index < -0.39 is 0 Å². The normalized spacial score (nSPS) is 10.9. The van der Waals surface area contributed by atoms with E-state index in [1.165, 1.54) is 4.88 Å². The van der Waals surface area contributed by atoms with Gasteiger partial charge in [-0.2, -0.15) is 0 Å². The first-order chi connectivity index (χ1) is 9.17. The summed E-state index contributed by atoms with van der Waals surface area (Å²) < 4.78 is 4.91. The van der Waals surface area contributed by atoms with Crippen LogP contribution in [0.15, 0.2) is 28.1 Å². The maximum Gasteiger partial charge on any atom is 0.239 e. The summed E-state index contributed by atoms with van der Waals surface area (Å²) in [4.78, 5) is 15.2. The van der Waals surface area contributed by atoms with E-state index in [0.29, 0.717) is 18.1 Å². The van der Waals surface area contributed by atoms with E-state index in [2.05, 4.69) is 21.4 Å². The zero-order valence-corrected chi connectivity index (χ0v) is 11.9. The first kappa shape index (κ1) is 13.8. The summed E-state index contributed by atoms with van der Waals surface area (Å²) in [5.41, 5.74) is 0. The maximum absolute atomic E-state index is 11.9. The van der Waals surface area contributed by atoms with Crippen molar-refractivity contribution in [3.63, 3.8) is 0 Å². The van der Waals surface area contributed by atoms with Crippen LogP contribution in [0.3, 0.4) is 0 Å². The van der Waals surface area contributed by atoms with Gasteiger partial charge in [0.15, 0.2) is 5.82 Å². The molecule has 1 N–H and O–H groups in total. The Bertz CT molecular complexity index is 522. The molecule has 0 saturated carbocycles. The predicted molar refractivity (Wildman–Crippen MR) is 75.1 cm³/mol. The summed E-state index contributed by atoms with van der Waals surface area (Å²) in [5.74, 6) is 1.07. The molecule has 0 radical (unpaired) electrons. The Morgan fingerprint density at radius 3 is 3.00 bits per heavy atom. The zero-order valence-electron chi connectivity index (χ0n) is 11.0. The number of carbonyl (C=O) groups is 1. The van der Waals surface area contributed by atoms with Crippen molar-refractivity contribution in [2.24, 2.45) is 0 Å². The highest BCUT2D eigenvalue weighted by Crippen LogP contribution is 2.12. The van der Waals surface area contributed by atoms with Gasteiger partial charge < -0.3 is 9.84 Å². The maximum atomic E-state index is 11.9. The summed E-state index contributed by atoms with van der Waals surface area (Å²) in [6.45, 7) is 5.79.